The van der Waals surface area contributed by atoms with Crippen LogP contribution < -0.4 is 0 Å². The van der Waals surface area contributed by atoms with Crippen LogP contribution in [-0.4, -0.2) is 12.9 Å². The monoisotopic (exact) mass is 126 g/mol. The minimum absolute atomic E-state index is 1.01. The number of hydrogen-bond acceptors (Lipinski definition) is 0. The molecule has 0 heterocycles. The second kappa shape index (κ2) is 3.30. The van der Waals surface area contributed by atoms with E-state index in [1.165, 1.54) is 0 Å². The fourth-order valence-corrected chi connectivity index (χ4v) is 0.126. The molecule has 0 aromatic heterocycles. The maximum absolute atomic E-state index is 10.9. The summed E-state index contributed by atoms with van der Waals surface area (Å²) in [6.45, 7) is 0. The highest BCUT2D eigenvalue weighted by Gasteiger charge is 1.95. The van der Waals surface area contributed by atoms with E-state index in [1.54, 1.807) is 0 Å². The molecule has 0 rings (SSSR count). The highest BCUT2D eigenvalue weighted by Crippen LogP contribution is 1.91. The summed E-state index contributed by atoms with van der Waals surface area (Å²) >= 11 is 0. The van der Waals surface area contributed by atoms with Gasteiger partial charge in [0, 0.05) is 0 Å². The first kappa shape index (κ1) is 7.28. The maximum atomic E-state index is 10.9. The summed E-state index contributed by atoms with van der Waals surface area (Å²) in [5, 5.41) is 0. The molecule has 0 radical (unpaired) electrons. The Labute approximate surface area is 43.5 Å². The van der Waals surface area contributed by atoms with E-state index in [1.807, 2.05) is 0 Å². The standard InChI is InChI=1S/C4H2F4/c5-3(6)1-2-4(7)8/h3-4H. The van der Waals surface area contributed by atoms with Crippen LogP contribution in [0.2, 0.25) is 0 Å². The molecule has 0 saturated heterocycles. The molecule has 4 heteroatoms. The van der Waals surface area contributed by atoms with Crippen molar-refractivity contribution in [1.29, 1.82) is 0 Å². The number of hydrogen-bond donors (Lipinski definition) is 0. The highest BCUT2D eigenvalue weighted by molar-refractivity contribution is 5.03. The fraction of sp³-hybridized carbons (Fsp3) is 0.500. The average molecular weight is 126 g/mol. The van der Waals surface area contributed by atoms with Crippen LogP contribution in [-0.2, 0) is 0 Å². The lowest BCUT2D eigenvalue weighted by Gasteiger charge is -1.79. The van der Waals surface area contributed by atoms with Crippen molar-refractivity contribution >= 4 is 0 Å². The minimum Gasteiger partial charge on any atom is -0.196 e. The molecule has 8 heavy (non-hydrogen) atoms. The van der Waals surface area contributed by atoms with Gasteiger partial charge >= 0.3 is 0 Å². The quantitative estimate of drug-likeness (QED) is 0.341. The smallest absolute Gasteiger partial charge is 0.196 e. The van der Waals surface area contributed by atoms with E-state index >= 15 is 0 Å². The summed E-state index contributed by atoms with van der Waals surface area (Å²) in [7, 11) is 0. The van der Waals surface area contributed by atoms with Gasteiger partial charge in [0.1, 0.15) is 0 Å². The van der Waals surface area contributed by atoms with E-state index in [-0.39, 0.29) is 0 Å². The van der Waals surface area contributed by atoms with E-state index < -0.39 is 12.9 Å². The number of alkyl halides is 4. The van der Waals surface area contributed by atoms with Crippen LogP contribution in [0.5, 0.6) is 0 Å². The Morgan fingerprint density at radius 2 is 1.00 bits per heavy atom. The average Bonchev–Trinajstić information content (AvgIpc) is 1.61. The number of halogens is 4. The van der Waals surface area contributed by atoms with Crippen LogP contribution in [0.3, 0.4) is 0 Å². The summed E-state index contributed by atoms with van der Waals surface area (Å²) in [5.74, 6) is 2.02. The normalized spacial score (nSPS) is 9.25. The molecule has 0 aromatic carbocycles. The molecule has 0 aromatic rings. The summed E-state index contributed by atoms with van der Waals surface area (Å²) in [4.78, 5) is 0. The number of rotatable bonds is 0. The first-order valence-electron chi connectivity index (χ1n) is 1.70. The first-order valence-corrected chi connectivity index (χ1v) is 1.70. The molecule has 0 spiro atoms. The summed E-state index contributed by atoms with van der Waals surface area (Å²) in [6.07, 6.45) is -5.91. The third kappa shape index (κ3) is 5.28. The Hall–Kier alpha value is -0.720. The van der Waals surface area contributed by atoms with Gasteiger partial charge in [0.15, 0.2) is 0 Å². The van der Waals surface area contributed by atoms with Gasteiger partial charge in [-0.1, -0.05) is 0 Å². The van der Waals surface area contributed by atoms with Crippen LogP contribution in [0, 0.1) is 11.8 Å². The third-order valence-corrected chi connectivity index (χ3v) is 0.302. The molecule has 0 bridgehead atoms. The molecule has 0 aliphatic rings. The van der Waals surface area contributed by atoms with E-state index in [9.17, 15) is 17.6 Å². The third-order valence-electron chi connectivity index (χ3n) is 0.302. The Morgan fingerprint density at radius 3 is 1.12 bits per heavy atom. The van der Waals surface area contributed by atoms with Crippen molar-refractivity contribution in [1.82, 2.24) is 0 Å². The Morgan fingerprint density at radius 1 is 0.750 bits per heavy atom. The maximum Gasteiger partial charge on any atom is 0.299 e. The van der Waals surface area contributed by atoms with Crippen LogP contribution in [0.15, 0.2) is 0 Å². The van der Waals surface area contributed by atoms with Crippen molar-refractivity contribution in [2.24, 2.45) is 0 Å². The van der Waals surface area contributed by atoms with Crippen LogP contribution in [0.25, 0.3) is 0 Å². The van der Waals surface area contributed by atoms with Crippen molar-refractivity contribution < 1.29 is 17.6 Å². The lowest BCUT2D eigenvalue weighted by atomic mass is 10.6. The van der Waals surface area contributed by atoms with Gasteiger partial charge in [-0.2, -0.15) is 17.6 Å². The molecular weight excluding hydrogens is 124 g/mol. The van der Waals surface area contributed by atoms with Gasteiger partial charge in [-0.15, -0.1) is 0 Å². The summed E-state index contributed by atoms with van der Waals surface area (Å²) in [5.41, 5.74) is 0. The minimum atomic E-state index is -2.95. The Balaban J connectivity index is 3.50. The molecule has 0 unspecified atom stereocenters. The Bertz CT molecular complexity index is 94.9. The van der Waals surface area contributed by atoms with E-state index in [4.69, 9.17) is 0 Å². The first-order chi connectivity index (χ1) is 3.63. The molecule has 0 saturated carbocycles. The molecule has 0 atom stereocenters. The largest absolute Gasteiger partial charge is 0.299 e. The fourth-order valence-electron chi connectivity index (χ4n) is 0.126. The van der Waals surface area contributed by atoms with Gasteiger partial charge < -0.3 is 0 Å². The van der Waals surface area contributed by atoms with E-state index in [0.29, 0.717) is 0 Å². The molecule has 46 valence electrons. The lowest BCUT2D eigenvalue weighted by Crippen LogP contribution is -1.86. The van der Waals surface area contributed by atoms with Crippen LogP contribution >= 0.6 is 0 Å². The molecular formula is C4H2F4. The molecule has 0 fully saturated rings. The predicted molar refractivity (Wildman–Crippen MR) is 19.8 cm³/mol. The molecule has 0 aliphatic carbocycles. The zero-order chi connectivity index (χ0) is 6.57. The van der Waals surface area contributed by atoms with Crippen molar-refractivity contribution in [2.75, 3.05) is 0 Å². The second-order valence-electron chi connectivity index (χ2n) is 0.890. The van der Waals surface area contributed by atoms with E-state index in [0.717, 1.165) is 11.8 Å². The van der Waals surface area contributed by atoms with Crippen molar-refractivity contribution in [3.63, 3.8) is 0 Å². The molecule has 0 nitrogen and oxygen atoms in total. The molecule has 0 N–H and O–H groups in total. The Kier molecular flexibility index (Phi) is 3.01. The van der Waals surface area contributed by atoms with Crippen LogP contribution in [0.1, 0.15) is 0 Å². The molecule has 0 aliphatic heterocycles. The zero-order valence-corrected chi connectivity index (χ0v) is 3.67. The van der Waals surface area contributed by atoms with Crippen molar-refractivity contribution in [3.05, 3.63) is 0 Å². The van der Waals surface area contributed by atoms with Gasteiger partial charge in [0.05, 0.1) is 0 Å². The van der Waals surface area contributed by atoms with Crippen LogP contribution in [0.4, 0.5) is 17.6 Å². The second-order valence-corrected chi connectivity index (χ2v) is 0.890. The van der Waals surface area contributed by atoms with Gasteiger partial charge in [-0.25, -0.2) is 0 Å². The predicted octanol–water partition coefficient (Wildman–Crippen LogP) is 1.52. The van der Waals surface area contributed by atoms with Gasteiger partial charge in [-0.3, -0.25) is 0 Å². The van der Waals surface area contributed by atoms with Gasteiger partial charge in [-0.05, 0) is 11.8 Å². The highest BCUT2D eigenvalue weighted by atomic mass is 19.3. The summed E-state index contributed by atoms with van der Waals surface area (Å²) in [6, 6.07) is 0. The van der Waals surface area contributed by atoms with Crippen molar-refractivity contribution in [3.8, 4) is 11.8 Å². The SMILES string of the molecule is FC(F)C#CC(F)F. The molecule has 0 amide bonds. The zero-order valence-electron chi connectivity index (χ0n) is 3.67. The van der Waals surface area contributed by atoms with E-state index in [2.05, 4.69) is 0 Å². The van der Waals surface area contributed by atoms with Gasteiger partial charge in [0.2, 0.25) is 0 Å². The topological polar surface area (TPSA) is 0 Å². The van der Waals surface area contributed by atoms with Gasteiger partial charge in [0.25, 0.3) is 12.9 Å². The van der Waals surface area contributed by atoms with Crippen molar-refractivity contribution in [2.45, 2.75) is 12.9 Å². The lowest BCUT2D eigenvalue weighted by molar-refractivity contribution is 0.202. The summed E-state index contributed by atoms with van der Waals surface area (Å²) < 4.78 is 43.6.